The van der Waals surface area contributed by atoms with Crippen molar-refractivity contribution in [3.63, 3.8) is 0 Å². The van der Waals surface area contributed by atoms with E-state index in [1.54, 1.807) is 11.8 Å². The van der Waals surface area contributed by atoms with Crippen molar-refractivity contribution in [1.82, 2.24) is 0 Å². The SMILES string of the molecule is CSc1ccc(C(Cl)c2ccc(Cl)cc2)cc1. The molecule has 0 spiro atoms. The number of benzene rings is 2. The number of rotatable bonds is 3. The number of thioether (sulfide) groups is 1. The Kier molecular flexibility index (Phi) is 4.38. The van der Waals surface area contributed by atoms with Gasteiger partial charge < -0.3 is 0 Å². The third-order valence-electron chi connectivity index (χ3n) is 2.57. The van der Waals surface area contributed by atoms with Crippen molar-refractivity contribution in [3.8, 4) is 0 Å². The molecule has 17 heavy (non-hydrogen) atoms. The first-order chi connectivity index (χ1) is 8.20. The highest BCUT2D eigenvalue weighted by molar-refractivity contribution is 7.98. The Morgan fingerprint density at radius 2 is 1.35 bits per heavy atom. The minimum atomic E-state index is -0.122. The highest BCUT2D eigenvalue weighted by Crippen LogP contribution is 2.30. The molecule has 0 radical (unpaired) electrons. The third kappa shape index (κ3) is 3.19. The van der Waals surface area contributed by atoms with E-state index >= 15 is 0 Å². The molecule has 1 atom stereocenters. The van der Waals surface area contributed by atoms with Gasteiger partial charge in [-0.25, -0.2) is 0 Å². The van der Waals surface area contributed by atoms with Crippen molar-refractivity contribution in [2.75, 3.05) is 6.26 Å². The molecule has 0 bridgehead atoms. The molecular formula is C14H12Cl2S. The Labute approximate surface area is 116 Å². The molecule has 0 saturated heterocycles. The minimum Gasteiger partial charge on any atom is -0.130 e. The Balaban J connectivity index is 2.23. The predicted molar refractivity (Wildman–Crippen MR) is 77.4 cm³/mol. The highest BCUT2D eigenvalue weighted by Gasteiger charge is 2.10. The fourth-order valence-corrected chi connectivity index (χ4v) is 2.42. The summed E-state index contributed by atoms with van der Waals surface area (Å²) in [7, 11) is 0. The van der Waals surface area contributed by atoms with E-state index in [2.05, 4.69) is 30.5 Å². The third-order valence-corrected chi connectivity index (χ3v) is 4.07. The van der Waals surface area contributed by atoms with Gasteiger partial charge in [0.25, 0.3) is 0 Å². The summed E-state index contributed by atoms with van der Waals surface area (Å²) in [6, 6.07) is 16.0. The van der Waals surface area contributed by atoms with Crippen LogP contribution < -0.4 is 0 Å². The van der Waals surface area contributed by atoms with E-state index in [0.29, 0.717) is 0 Å². The summed E-state index contributed by atoms with van der Waals surface area (Å²) in [5, 5.41) is 0.610. The van der Waals surface area contributed by atoms with Crippen LogP contribution in [0.25, 0.3) is 0 Å². The summed E-state index contributed by atoms with van der Waals surface area (Å²) in [6.07, 6.45) is 2.06. The van der Waals surface area contributed by atoms with Gasteiger partial charge in [0.05, 0.1) is 5.38 Å². The average Bonchev–Trinajstić information content (AvgIpc) is 2.39. The number of halogens is 2. The second kappa shape index (κ2) is 5.81. The lowest BCUT2D eigenvalue weighted by atomic mass is 10.0. The number of hydrogen-bond acceptors (Lipinski definition) is 1. The number of hydrogen-bond donors (Lipinski definition) is 0. The van der Waals surface area contributed by atoms with Crippen LogP contribution in [-0.4, -0.2) is 6.26 Å². The molecule has 0 N–H and O–H groups in total. The van der Waals surface area contributed by atoms with Gasteiger partial charge in [0.1, 0.15) is 0 Å². The zero-order valence-electron chi connectivity index (χ0n) is 9.36. The van der Waals surface area contributed by atoms with Gasteiger partial charge in [-0.15, -0.1) is 23.4 Å². The summed E-state index contributed by atoms with van der Waals surface area (Å²) in [6.45, 7) is 0. The van der Waals surface area contributed by atoms with E-state index in [9.17, 15) is 0 Å². The maximum Gasteiger partial charge on any atom is 0.0835 e. The average molecular weight is 283 g/mol. The molecule has 0 nitrogen and oxygen atoms in total. The standard InChI is InChI=1S/C14H12Cl2S/c1-17-13-8-4-11(5-9-13)14(16)10-2-6-12(15)7-3-10/h2-9,14H,1H3. The number of alkyl halides is 1. The fraction of sp³-hybridized carbons (Fsp3) is 0.143. The molecule has 3 heteroatoms. The van der Waals surface area contributed by atoms with E-state index < -0.39 is 0 Å². The van der Waals surface area contributed by atoms with Gasteiger partial charge in [0, 0.05) is 9.92 Å². The van der Waals surface area contributed by atoms with Crippen molar-refractivity contribution < 1.29 is 0 Å². The van der Waals surface area contributed by atoms with Gasteiger partial charge in [-0.05, 0) is 41.6 Å². The molecule has 1 unspecified atom stereocenters. The lowest BCUT2D eigenvalue weighted by Crippen LogP contribution is -1.92. The quantitative estimate of drug-likeness (QED) is 0.537. The second-order valence-corrected chi connectivity index (χ2v) is 5.44. The largest absolute Gasteiger partial charge is 0.130 e. The Bertz CT molecular complexity index is 477. The highest BCUT2D eigenvalue weighted by atomic mass is 35.5. The zero-order chi connectivity index (χ0) is 12.3. The normalized spacial score (nSPS) is 12.4. The molecule has 0 saturated carbocycles. The van der Waals surface area contributed by atoms with Crippen LogP contribution in [0, 0.1) is 0 Å². The van der Waals surface area contributed by atoms with Crippen LogP contribution in [0.2, 0.25) is 5.02 Å². The maximum absolute atomic E-state index is 6.43. The van der Waals surface area contributed by atoms with Gasteiger partial charge in [-0.1, -0.05) is 35.9 Å². The lowest BCUT2D eigenvalue weighted by Gasteiger charge is -2.10. The zero-order valence-corrected chi connectivity index (χ0v) is 11.7. The van der Waals surface area contributed by atoms with E-state index in [1.807, 2.05) is 24.3 Å². The summed E-state index contributed by atoms with van der Waals surface area (Å²) >= 11 is 14.0. The van der Waals surface area contributed by atoms with Crippen LogP contribution in [0.15, 0.2) is 53.4 Å². The molecule has 0 aliphatic heterocycles. The van der Waals surface area contributed by atoms with Crippen LogP contribution in [-0.2, 0) is 0 Å². The Morgan fingerprint density at radius 1 is 0.882 bits per heavy atom. The van der Waals surface area contributed by atoms with Gasteiger partial charge in [-0.3, -0.25) is 0 Å². The van der Waals surface area contributed by atoms with Gasteiger partial charge >= 0.3 is 0 Å². The fourth-order valence-electron chi connectivity index (χ4n) is 1.60. The second-order valence-electron chi connectivity index (χ2n) is 3.69. The van der Waals surface area contributed by atoms with E-state index in [-0.39, 0.29) is 5.38 Å². The van der Waals surface area contributed by atoms with Crippen LogP contribution in [0.3, 0.4) is 0 Å². The van der Waals surface area contributed by atoms with E-state index in [0.717, 1.165) is 16.1 Å². The molecule has 0 fully saturated rings. The molecule has 0 aromatic heterocycles. The van der Waals surface area contributed by atoms with Gasteiger partial charge in [-0.2, -0.15) is 0 Å². The van der Waals surface area contributed by atoms with Gasteiger partial charge in [0.2, 0.25) is 0 Å². The van der Waals surface area contributed by atoms with E-state index in [4.69, 9.17) is 23.2 Å². The molecule has 0 amide bonds. The molecule has 0 aliphatic rings. The smallest absolute Gasteiger partial charge is 0.0835 e. The van der Waals surface area contributed by atoms with Crippen LogP contribution in [0.1, 0.15) is 16.5 Å². The topological polar surface area (TPSA) is 0 Å². The van der Waals surface area contributed by atoms with Crippen molar-refractivity contribution in [2.24, 2.45) is 0 Å². The first kappa shape index (κ1) is 12.8. The van der Waals surface area contributed by atoms with Crippen molar-refractivity contribution in [1.29, 1.82) is 0 Å². The molecule has 2 rings (SSSR count). The molecule has 0 aliphatic carbocycles. The Hall–Kier alpha value is -0.630. The molecule has 2 aromatic carbocycles. The molecule has 2 aromatic rings. The first-order valence-corrected chi connectivity index (χ1v) is 7.28. The Morgan fingerprint density at radius 3 is 1.82 bits per heavy atom. The summed E-state index contributed by atoms with van der Waals surface area (Å²) < 4.78 is 0. The van der Waals surface area contributed by atoms with Crippen molar-refractivity contribution in [2.45, 2.75) is 10.3 Å². The lowest BCUT2D eigenvalue weighted by molar-refractivity contribution is 1.13. The van der Waals surface area contributed by atoms with E-state index in [1.165, 1.54) is 4.90 Å². The molecule has 88 valence electrons. The van der Waals surface area contributed by atoms with Crippen LogP contribution in [0.5, 0.6) is 0 Å². The summed E-state index contributed by atoms with van der Waals surface area (Å²) in [5.41, 5.74) is 2.17. The van der Waals surface area contributed by atoms with Crippen molar-refractivity contribution >= 4 is 35.0 Å². The molecule has 0 heterocycles. The predicted octanol–water partition coefficient (Wildman–Crippen LogP) is 5.39. The molecular weight excluding hydrogens is 271 g/mol. The maximum atomic E-state index is 6.43. The summed E-state index contributed by atoms with van der Waals surface area (Å²) in [4.78, 5) is 1.24. The summed E-state index contributed by atoms with van der Waals surface area (Å²) in [5.74, 6) is 0. The minimum absolute atomic E-state index is 0.122. The first-order valence-electron chi connectivity index (χ1n) is 5.24. The van der Waals surface area contributed by atoms with Crippen LogP contribution in [0.4, 0.5) is 0 Å². The van der Waals surface area contributed by atoms with Crippen molar-refractivity contribution in [3.05, 3.63) is 64.7 Å². The van der Waals surface area contributed by atoms with Crippen LogP contribution >= 0.6 is 35.0 Å². The van der Waals surface area contributed by atoms with Gasteiger partial charge in [0.15, 0.2) is 0 Å². The monoisotopic (exact) mass is 282 g/mol.